The molecule has 0 radical (unpaired) electrons. The highest BCUT2D eigenvalue weighted by molar-refractivity contribution is 7.13. The summed E-state index contributed by atoms with van der Waals surface area (Å²) in [6.07, 6.45) is 1.99. The molecule has 102 valence electrons. The molecule has 0 aromatic carbocycles. The van der Waals surface area contributed by atoms with E-state index in [0.717, 1.165) is 53.0 Å². The van der Waals surface area contributed by atoms with Gasteiger partial charge in [-0.05, 0) is 26.7 Å². The molecule has 0 saturated heterocycles. The number of rotatable bonds is 5. The standard InChI is InChI=1S/C14H20N4S/c1-5-7-15-12-10(4)11(6-2)17-13(18-12)14-16-9(3)8-19-14/h8H,5-7H2,1-4H3,(H,15,17,18). The Balaban J connectivity index is 2.44. The van der Waals surface area contributed by atoms with E-state index in [9.17, 15) is 0 Å². The van der Waals surface area contributed by atoms with Gasteiger partial charge in [0.15, 0.2) is 10.8 Å². The van der Waals surface area contributed by atoms with Gasteiger partial charge in [0.2, 0.25) is 0 Å². The summed E-state index contributed by atoms with van der Waals surface area (Å²) in [4.78, 5) is 13.7. The summed E-state index contributed by atoms with van der Waals surface area (Å²) < 4.78 is 0. The second kappa shape index (κ2) is 6.10. The smallest absolute Gasteiger partial charge is 0.190 e. The highest BCUT2D eigenvalue weighted by Gasteiger charge is 2.13. The Morgan fingerprint density at radius 2 is 1.95 bits per heavy atom. The zero-order valence-electron chi connectivity index (χ0n) is 11.9. The maximum atomic E-state index is 4.64. The minimum atomic E-state index is 0.735. The van der Waals surface area contributed by atoms with Gasteiger partial charge in [0.05, 0.1) is 0 Å². The number of anilines is 1. The summed E-state index contributed by atoms with van der Waals surface area (Å²) in [6.45, 7) is 9.27. The van der Waals surface area contributed by atoms with Gasteiger partial charge < -0.3 is 5.32 Å². The number of thiazole rings is 1. The van der Waals surface area contributed by atoms with Crippen LogP contribution < -0.4 is 5.32 Å². The van der Waals surface area contributed by atoms with Crippen LogP contribution in [-0.2, 0) is 6.42 Å². The van der Waals surface area contributed by atoms with Crippen LogP contribution in [0.5, 0.6) is 0 Å². The van der Waals surface area contributed by atoms with Crippen molar-refractivity contribution in [3.63, 3.8) is 0 Å². The van der Waals surface area contributed by atoms with E-state index in [0.29, 0.717) is 0 Å². The molecule has 5 heteroatoms. The monoisotopic (exact) mass is 276 g/mol. The van der Waals surface area contributed by atoms with E-state index < -0.39 is 0 Å². The second-order valence-corrected chi connectivity index (χ2v) is 5.40. The molecule has 0 amide bonds. The third-order valence-electron chi connectivity index (χ3n) is 2.93. The van der Waals surface area contributed by atoms with Gasteiger partial charge in [-0.2, -0.15) is 0 Å². The zero-order valence-corrected chi connectivity index (χ0v) is 12.8. The lowest BCUT2D eigenvalue weighted by atomic mass is 10.2. The van der Waals surface area contributed by atoms with Crippen molar-refractivity contribution >= 4 is 17.2 Å². The molecule has 0 atom stereocenters. The lowest BCUT2D eigenvalue weighted by Crippen LogP contribution is -2.08. The fraction of sp³-hybridized carbons (Fsp3) is 0.500. The minimum Gasteiger partial charge on any atom is -0.370 e. The first kappa shape index (κ1) is 13.9. The molecule has 2 aromatic heterocycles. The molecule has 4 nitrogen and oxygen atoms in total. The van der Waals surface area contributed by atoms with Crippen LogP contribution in [0, 0.1) is 13.8 Å². The molecule has 0 saturated carbocycles. The van der Waals surface area contributed by atoms with Crippen molar-refractivity contribution in [2.75, 3.05) is 11.9 Å². The Morgan fingerprint density at radius 3 is 2.53 bits per heavy atom. The third-order valence-corrected chi connectivity index (χ3v) is 3.89. The van der Waals surface area contributed by atoms with E-state index in [1.807, 2.05) is 12.3 Å². The molecule has 2 rings (SSSR count). The molecule has 19 heavy (non-hydrogen) atoms. The number of aromatic nitrogens is 3. The Hall–Kier alpha value is -1.49. The number of nitrogens with zero attached hydrogens (tertiary/aromatic N) is 3. The van der Waals surface area contributed by atoms with Gasteiger partial charge in [-0.15, -0.1) is 11.3 Å². The number of hydrogen-bond acceptors (Lipinski definition) is 5. The molecule has 0 aliphatic rings. The minimum absolute atomic E-state index is 0.735. The Kier molecular flexibility index (Phi) is 4.47. The lowest BCUT2D eigenvalue weighted by molar-refractivity contribution is 0.935. The summed E-state index contributed by atoms with van der Waals surface area (Å²) in [5.74, 6) is 1.68. The van der Waals surface area contributed by atoms with Crippen molar-refractivity contribution < 1.29 is 0 Å². The maximum absolute atomic E-state index is 4.64. The topological polar surface area (TPSA) is 50.7 Å². The van der Waals surface area contributed by atoms with E-state index >= 15 is 0 Å². The van der Waals surface area contributed by atoms with E-state index in [2.05, 4.69) is 41.0 Å². The van der Waals surface area contributed by atoms with Gasteiger partial charge in [0.1, 0.15) is 5.82 Å². The first-order valence-corrected chi connectivity index (χ1v) is 7.57. The van der Waals surface area contributed by atoms with Crippen LogP contribution in [0.2, 0.25) is 0 Å². The number of aryl methyl sites for hydroxylation is 2. The highest BCUT2D eigenvalue weighted by Crippen LogP contribution is 2.24. The molecule has 0 unspecified atom stereocenters. The summed E-state index contributed by atoms with van der Waals surface area (Å²) in [5, 5.41) is 6.31. The lowest BCUT2D eigenvalue weighted by Gasteiger charge is -2.12. The van der Waals surface area contributed by atoms with E-state index in [-0.39, 0.29) is 0 Å². The Labute approximate surface area is 118 Å². The zero-order chi connectivity index (χ0) is 13.8. The van der Waals surface area contributed by atoms with Gasteiger partial charge >= 0.3 is 0 Å². The number of hydrogen-bond donors (Lipinski definition) is 1. The average molecular weight is 276 g/mol. The average Bonchev–Trinajstić information content (AvgIpc) is 2.84. The maximum Gasteiger partial charge on any atom is 0.190 e. The quantitative estimate of drug-likeness (QED) is 0.906. The fourth-order valence-corrected chi connectivity index (χ4v) is 2.60. The van der Waals surface area contributed by atoms with Crippen molar-refractivity contribution in [1.82, 2.24) is 15.0 Å². The predicted octanol–water partition coefficient (Wildman–Crippen LogP) is 3.60. The van der Waals surface area contributed by atoms with Crippen molar-refractivity contribution in [2.24, 2.45) is 0 Å². The summed E-state index contributed by atoms with van der Waals surface area (Å²) in [7, 11) is 0. The van der Waals surface area contributed by atoms with E-state index in [4.69, 9.17) is 0 Å². The Bertz CT molecular complexity index is 563. The van der Waals surface area contributed by atoms with Crippen molar-refractivity contribution in [3.8, 4) is 10.8 Å². The summed E-state index contributed by atoms with van der Waals surface area (Å²) in [6, 6.07) is 0. The van der Waals surface area contributed by atoms with Gasteiger partial charge in [-0.1, -0.05) is 13.8 Å². The van der Waals surface area contributed by atoms with Crippen molar-refractivity contribution in [1.29, 1.82) is 0 Å². The third kappa shape index (κ3) is 3.10. The normalized spacial score (nSPS) is 10.7. The summed E-state index contributed by atoms with van der Waals surface area (Å²) >= 11 is 1.60. The van der Waals surface area contributed by atoms with Crippen LogP contribution in [-0.4, -0.2) is 21.5 Å². The van der Waals surface area contributed by atoms with Crippen LogP contribution in [0.15, 0.2) is 5.38 Å². The van der Waals surface area contributed by atoms with Crippen LogP contribution in [0.4, 0.5) is 5.82 Å². The van der Waals surface area contributed by atoms with Gasteiger partial charge in [-0.3, -0.25) is 0 Å². The van der Waals surface area contributed by atoms with Crippen LogP contribution in [0.3, 0.4) is 0 Å². The molecule has 2 heterocycles. The molecule has 0 fully saturated rings. The molecule has 0 aliphatic heterocycles. The van der Waals surface area contributed by atoms with E-state index in [1.165, 1.54) is 0 Å². The SMILES string of the molecule is CCCNc1nc(-c2nc(C)cs2)nc(CC)c1C. The Morgan fingerprint density at radius 1 is 1.16 bits per heavy atom. The first-order chi connectivity index (χ1) is 9.15. The predicted molar refractivity (Wildman–Crippen MR) is 80.8 cm³/mol. The molecule has 2 aromatic rings. The second-order valence-electron chi connectivity index (χ2n) is 4.54. The van der Waals surface area contributed by atoms with Crippen LogP contribution in [0.25, 0.3) is 10.8 Å². The van der Waals surface area contributed by atoms with Crippen molar-refractivity contribution in [3.05, 3.63) is 22.3 Å². The molecular weight excluding hydrogens is 256 g/mol. The molecular formula is C14H20N4S. The molecule has 0 aliphatic carbocycles. The van der Waals surface area contributed by atoms with Crippen LogP contribution in [0.1, 0.15) is 37.2 Å². The molecule has 0 bridgehead atoms. The van der Waals surface area contributed by atoms with Crippen molar-refractivity contribution in [2.45, 2.75) is 40.5 Å². The molecule has 0 spiro atoms. The fourth-order valence-electron chi connectivity index (χ4n) is 1.88. The van der Waals surface area contributed by atoms with Gasteiger partial charge in [0.25, 0.3) is 0 Å². The molecule has 1 N–H and O–H groups in total. The largest absolute Gasteiger partial charge is 0.370 e. The first-order valence-electron chi connectivity index (χ1n) is 6.69. The van der Waals surface area contributed by atoms with Crippen LogP contribution >= 0.6 is 11.3 Å². The number of nitrogens with one attached hydrogen (secondary N) is 1. The summed E-state index contributed by atoms with van der Waals surface area (Å²) in [5.41, 5.74) is 3.26. The van der Waals surface area contributed by atoms with Gasteiger partial charge in [-0.25, -0.2) is 15.0 Å². The van der Waals surface area contributed by atoms with E-state index in [1.54, 1.807) is 11.3 Å². The highest BCUT2D eigenvalue weighted by atomic mass is 32.1. The van der Waals surface area contributed by atoms with Gasteiger partial charge in [0, 0.05) is 28.9 Å².